The van der Waals surface area contributed by atoms with Crippen LogP contribution >= 0.6 is 0 Å². The largest absolute Gasteiger partial charge is 0.234 e. The molecular weight excluding hydrogens is 170 g/mol. The van der Waals surface area contributed by atoms with E-state index in [1.165, 1.54) is 0 Å². The van der Waals surface area contributed by atoms with Gasteiger partial charge in [0.1, 0.15) is 11.0 Å². The van der Waals surface area contributed by atoms with Gasteiger partial charge in [-0.1, -0.05) is 13.3 Å². The molecule has 0 fully saturated rings. The maximum Gasteiger partial charge on any atom is 0.144 e. The van der Waals surface area contributed by atoms with Crippen LogP contribution in [0.3, 0.4) is 0 Å². The van der Waals surface area contributed by atoms with Crippen molar-refractivity contribution in [3.63, 3.8) is 0 Å². The van der Waals surface area contributed by atoms with Gasteiger partial charge in [-0.3, -0.25) is 0 Å². The van der Waals surface area contributed by atoms with Crippen molar-refractivity contribution in [1.82, 2.24) is 0 Å². The molecule has 0 heterocycles. The molecule has 0 amide bonds. The van der Waals surface area contributed by atoms with Crippen LogP contribution in [0, 0.1) is 0 Å². The molecule has 1 atom stereocenters. The average molecular weight is 189 g/mol. The normalized spacial score (nSPS) is 16.2. The first-order chi connectivity index (χ1) is 5.38. The van der Waals surface area contributed by atoms with Crippen LogP contribution in [0.4, 0.5) is 0 Å². The molecule has 2 nitrogen and oxygen atoms in total. The van der Waals surface area contributed by atoms with Crippen LogP contribution in [0.15, 0.2) is 4.40 Å². The molecule has 0 N–H and O–H groups in total. The minimum atomic E-state index is -1.08. The summed E-state index contributed by atoms with van der Waals surface area (Å²) in [7, 11) is -1.08. The Bertz CT molecular complexity index is 191. The fourth-order valence-electron chi connectivity index (χ4n) is 0.686. The molecule has 0 saturated heterocycles. The molecule has 0 aromatic rings. The third-order valence-corrected chi connectivity index (χ3v) is 2.90. The van der Waals surface area contributed by atoms with Crippen molar-refractivity contribution in [3.8, 4) is 0 Å². The summed E-state index contributed by atoms with van der Waals surface area (Å²) < 4.78 is 15.4. The molecule has 3 heteroatoms. The lowest BCUT2D eigenvalue weighted by molar-refractivity contribution is 0.650. The topological polar surface area (TPSA) is 29.4 Å². The van der Waals surface area contributed by atoms with Gasteiger partial charge < -0.3 is 0 Å². The van der Waals surface area contributed by atoms with Gasteiger partial charge >= 0.3 is 0 Å². The van der Waals surface area contributed by atoms with E-state index in [1.54, 1.807) is 0 Å². The van der Waals surface area contributed by atoms with Crippen molar-refractivity contribution < 1.29 is 4.21 Å². The van der Waals surface area contributed by atoms with Crippen molar-refractivity contribution in [1.29, 1.82) is 0 Å². The molecule has 0 spiro atoms. The predicted molar refractivity (Wildman–Crippen MR) is 55.9 cm³/mol. The lowest BCUT2D eigenvalue weighted by atomic mass is 10.2. The first kappa shape index (κ1) is 11.8. The predicted octanol–water partition coefficient (Wildman–Crippen LogP) is 2.71. The average Bonchev–Trinajstić information content (AvgIpc) is 1.85. The van der Waals surface area contributed by atoms with E-state index in [-0.39, 0.29) is 4.75 Å². The SMILES string of the molecule is CCC/C(C)=N/[S@](=O)C(C)(C)C. The lowest BCUT2D eigenvalue weighted by Crippen LogP contribution is -2.20. The Balaban J connectivity index is 4.24. The second-order valence-corrected chi connectivity index (χ2v) is 5.84. The van der Waals surface area contributed by atoms with Crippen LogP contribution in [0.5, 0.6) is 0 Å². The van der Waals surface area contributed by atoms with Crippen LogP contribution in [0.1, 0.15) is 47.5 Å². The Hall–Kier alpha value is -0.180. The van der Waals surface area contributed by atoms with Crippen LogP contribution in [0.25, 0.3) is 0 Å². The van der Waals surface area contributed by atoms with E-state index >= 15 is 0 Å². The lowest BCUT2D eigenvalue weighted by Gasteiger charge is -2.13. The zero-order valence-electron chi connectivity index (χ0n) is 8.68. The highest BCUT2D eigenvalue weighted by molar-refractivity contribution is 7.85. The first-order valence-corrected chi connectivity index (χ1v) is 5.44. The van der Waals surface area contributed by atoms with Crippen molar-refractivity contribution in [2.45, 2.75) is 52.2 Å². The minimum Gasteiger partial charge on any atom is -0.234 e. The third kappa shape index (κ3) is 4.65. The molecule has 0 aliphatic carbocycles. The molecule has 0 unspecified atom stereocenters. The molecule has 0 aliphatic rings. The quantitative estimate of drug-likeness (QED) is 0.628. The van der Waals surface area contributed by atoms with E-state index in [2.05, 4.69) is 11.3 Å². The van der Waals surface area contributed by atoms with Crippen molar-refractivity contribution in [2.75, 3.05) is 0 Å². The smallest absolute Gasteiger partial charge is 0.144 e. The summed E-state index contributed by atoms with van der Waals surface area (Å²) in [5.74, 6) is 0. The molecule has 0 radical (unpaired) electrons. The van der Waals surface area contributed by atoms with Gasteiger partial charge in [0.25, 0.3) is 0 Å². The van der Waals surface area contributed by atoms with Gasteiger partial charge in [0.05, 0.1) is 4.75 Å². The summed E-state index contributed by atoms with van der Waals surface area (Å²) >= 11 is 0. The molecule has 12 heavy (non-hydrogen) atoms. The Morgan fingerprint density at radius 1 is 1.42 bits per heavy atom. The van der Waals surface area contributed by atoms with Gasteiger partial charge in [-0.25, -0.2) is 4.21 Å². The highest BCUT2D eigenvalue weighted by atomic mass is 32.2. The maximum absolute atomic E-state index is 11.5. The second-order valence-electron chi connectivity index (χ2n) is 3.94. The summed E-state index contributed by atoms with van der Waals surface area (Å²) in [5.41, 5.74) is 0.991. The van der Waals surface area contributed by atoms with E-state index in [0.29, 0.717) is 0 Å². The zero-order chi connectivity index (χ0) is 9.78. The fourth-order valence-corrected chi connectivity index (χ4v) is 1.33. The molecule has 72 valence electrons. The summed E-state index contributed by atoms with van der Waals surface area (Å²) in [6.07, 6.45) is 2.01. The fraction of sp³-hybridized carbons (Fsp3) is 0.889. The van der Waals surface area contributed by atoms with E-state index < -0.39 is 11.0 Å². The Labute approximate surface area is 78.1 Å². The standard InChI is InChI=1S/C9H19NOS/c1-6-7-8(2)10-12(11)9(3,4)5/h6-7H2,1-5H3/b10-8+/t12-/m1/s1. The van der Waals surface area contributed by atoms with Gasteiger partial charge in [0.15, 0.2) is 0 Å². The van der Waals surface area contributed by atoms with Crippen molar-refractivity contribution in [3.05, 3.63) is 0 Å². The van der Waals surface area contributed by atoms with Crippen LogP contribution in [-0.2, 0) is 11.0 Å². The number of hydrogen-bond acceptors (Lipinski definition) is 1. The molecule has 0 aromatic carbocycles. The van der Waals surface area contributed by atoms with E-state index in [0.717, 1.165) is 18.6 Å². The number of nitrogens with zero attached hydrogens (tertiary/aromatic N) is 1. The maximum atomic E-state index is 11.5. The molecule has 0 aliphatic heterocycles. The van der Waals surface area contributed by atoms with E-state index in [1.807, 2.05) is 27.7 Å². The molecular formula is C9H19NOS. The van der Waals surface area contributed by atoms with Gasteiger partial charge in [0.2, 0.25) is 0 Å². The van der Waals surface area contributed by atoms with Crippen LogP contribution < -0.4 is 0 Å². The highest BCUT2D eigenvalue weighted by Gasteiger charge is 2.18. The van der Waals surface area contributed by atoms with Gasteiger partial charge in [-0.05, 0) is 34.1 Å². The summed E-state index contributed by atoms with van der Waals surface area (Å²) in [4.78, 5) is 0. The van der Waals surface area contributed by atoms with Gasteiger partial charge in [-0.2, -0.15) is 4.40 Å². The molecule has 0 saturated carbocycles. The highest BCUT2D eigenvalue weighted by Crippen LogP contribution is 2.12. The summed E-state index contributed by atoms with van der Waals surface area (Å²) in [5, 5.41) is 0. The first-order valence-electron chi connectivity index (χ1n) is 4.34. The minimum absolute atomic E-state index is 0.227. The molecule has 0 aromatic heterocycles. The molecule has 0 rings (SSSR count). The summed E-state index contributed by atoms with van der Waals surface area (Å²) in [6, 6.07) is 0. The van der Waals surface area contributed by atoms with Crippen molar-refractivity contribution in [2.24, 2.45) is 4.40 Å². The summed E-state index contributed by atoms with van der Waals surface area (Å²) in [6.45, 7) is 9.84. The van der Waals surface area contributed by atoms with Gasteiger partial charge in [0, 0.05) is 5.71 Å². The van der Waals surface area contributed by atoms with Crippen molar-refractivity contribution >= 4 is 16.7 Å². The van der Waals surface area contributed by atoms with Crippen LogP contribution in [0.2, 0.25) is 0 Å². The Kier molecular flexibility index (Phi) is 4.68. The molecule has 0 bridgehead atoms. The third-order valence-electron chi connectivity index (χ3n) is 1.37. The zero-order valence-corrected chi connectivity index (χ0v) is 9.49. The monoisotopic (exact) mass is 189 g/mol. The number of rotatable bonds is 3. The van der Waals surface area contributed by atoms with E-state index in [9.17, 15) is 4.21 Å². The Morgan fingerprint density at radius 3 is 2.25 bits per heavy atom. The van der Waals surface area contributed by atoms with E-state index in [4.69, 9.17) is 0 Å². The number of hydrogen-bond donors (Lipinski definition) is 0. The van der Waals surface area contributed by atoms with Gasteiger partial charge in [-0.15, -0.1) is 0 Å². The Morgan fingerprint density at radius 2 is 1.92 bits per heavy atom. The van der Waals surface area contributed by atoms with Crippen LogP contribution in [-0.4, -0.2) is 14.7 Å². The second kappa shape index (κ2) is 4.75.